The van der Waals surface area contributed by atoms with Gasteiger partial charge in [0.2, 0.25) is 0 Å². The summed E-state index contributed by atoms with van der Waals surface area (Å²) in [5, 5.41) is 13.8. The molecule has 0 heterocycles. The number of ether oxygens (including phenoxy) is 1. The molecule has 1 rings (SSSR count). The fraction of sp³-hybridized carbons (Fsp3) is 0.500. The van der Waals surface area contributed by atoms with Crippen molar-refractivity contribution in [3.05, 3.63) is 32.8 Å². The molecule has 0 aliphatic heterocycles. The summed E-state index contributed by atoms with van der Waals surface area (Å²) in [5.74, 6) is 0. The lowest BCUT2D eigenvalue weighted by Crippen LogP contribution is -2.11. The van der Waals surface area contributed by atoms with Crippen LogP contribution in [0.5, 0.6) is 0 Å². The number of rotatable bonds is 8. The van der Waals surface area contributed by atoms with Crippen molar-refractivity contribution in [1.82, 2.24) is 0 Å². The van der Waals surface area contributed by atoms with Gasteiger partial charge in [0.15, 0.2) is 0 Å². The van der Waals surface area contributed by atoms with Crippen LogP contribution < -0.4 is 5.32 Å². The summed E-state index contributed by atoms with van der Waals surface area (Å²) in [5.41, 5.74) is 0.584. The predicted octanol–water partition coefficient (Wildman–Crippen LogP) is 3.59. The summed E-state index contributed by atoms with van der Waals surface area (Å²) in [6.07, 6.45) is 2.14. The van der Waals surface area contributed by atoms with E-state index in [-0.39, 0.29) is 5.69 Å². The fourth-order valence-electron chi connectivity index (χ4n) is 1.42. The van der Waals surface area contributed by atoms with Crippen LogP contribution in [-0.2, 0) is 4.74 Å². The molecule has 0 saturated heterocycles. The highest BCUT2D eigenvalue weighted by Crippen LogP contribution is 2.27. The standard InChI is InChI=1S/C12H17BrN2O3/c1-2-3-7-18-8-6-14-11-9-10(13)4-5-12(11)15(16)17/h4-5,9,14H,2-3,6-8H2,1H3. The lowest BCUT2D eigenvalue weighted by atomic mass is 10.2. The van der Waals surface area contributed by atoms with Gasteiger partial charge in [0.25, 0.3) is 5.69 Å². The van der Waals surface area contributed by atoms with Crippen molar-refractivity contribution in [3.8, 4) is 0 Å². The Hall–Kier alpha value is -1.14. The molecule has 0 bridgehead atoms. The third-order valence-electron chi connectivity index (χ3n) is 2.36. The predicted molar refractivity (Wildman–Crippen MR) is 75.0 cm³/mol. The lowest BCUT2D eigenvalue weighted by Gasteiger charge is -2.08. The van der Waals surface area contributed by atoms with Gasteiger partial charge in [-0.2, -0.15) is 0 Å². The molecular formula is C12H17BrN2O3. The Morgan fingerprint density at radius 3 is 2.89 bits per heavy atom. The fourth-order valence-corrected chi connectivity index (χ4v) is 1.78. The van der Waals surface area contributed by atoms with E-state index in [4.69, 9.17) is 4.74 Å². The molecule has 1 aromatic carbocycles. The molecule has 0 spiro atoms. The minimum atomic E-state index is -0.396. The van der Waals surface area contributed by atoms with Crippen molar-refractivity contribution < 1.29 is 9.66 Å². The largest absolute Gasteiger partial charge is 0.380 e. The monoisotopic (exact) mass is 316 g/mol. The molecule has 0 fully saturated rings. The number of unbranched alkanes of at least 4 members (excludes halogenated alkanes) is 1. The van der Waals surface area contributed by atoms with E-state index in [0.717, 1.165) is 23.9 Å². The number of nitro groups is 1. The summed E-state index contributed by atoms with van der Waals surface area (Å²) >= 11 is 3.29. The molecule has 1 aromatic rings. The molecule has 0 aliphatic carbocycles. The first-order valence-corrected chi connectivity index (χ1v) is 6.70. The first-order chi connectivity index (χ1) is 8.65. The molecule has 0 amide bonds. The normalized spacial score (nSPS) is 10.3. The third-order valence-corrected chi connectivity index (χ3v) is 2.85. The van der Waals surface area contributed by atoms with Gasteiger partial charge in [-0.1, -0.05) is 29.3 Å². The molecule has 0 atom stereocenters. The maximum Gasteiger partial charge on any atom is 0.292 e. The number of hydrogen-bond donors (Lipinski definition) is 1. The maximum absolute atomic E-state index is 10.8. The number of hydrogen-bond acceptors (Lipinski definition) is 4. The molecule has 0 unspecified atom stereocenters. The van der Waals surface area contributed by atoms with Gasteiger partial charge in [0.05, 0.1) is 11.5 Å². The average molecular weight is 317 g/mol. The molecule has 18 heavy (non-hydrogen) atoms. The van der Waals surface area contributed by atoms with Crippen molar-refractivity contribution in [2.75, 3.05) is 25.1 Å². The SMILES string of the molecule is CCCCOCCNc1cc(Br)ccc1[N+](=O)[O-]. The van der Waals surface area contributed by atoms with Gasteiger partial charge in [-0.25, -0.2) is 0 Å². The molecule has 1 N–H and O–H groups in total. The third kappa shape index (κ3) is 5.01. The van der Waals surface area contributed by atoms with E-state index in [1.807, 2.05) is 0 Å². The van der Waals surface area contributed by atoms with Crippen LogP contribution in [0.4, 0.5) is 11.4 Å². The molecule has 6 heteroatoms. The topological polar surface area (TPSA) is 64.4 Å². The van der Waals surface area contributed by atoms with E-state index in [9.17, 15) is 10.1 Å². The molecule has 100 valence electrons. The number of nitrogens with zero attached hydrogens (tertiary/aromatic N) is 1. The van der Waals surface area contributed by atoms with E-state index in [1.165, 1.54) is 6.07 Å². The molecule has 0 radical (unpaired) electrons. The van der Waals surface area contributed by atoms with Crippen LogP contribution in [0.15, 0.2) is 22.7 Å². The van der Waals surface area contributed by atoms with Gasteiger partial charge in [-0.3, -0.25) is 10.1 Å². The second-order valence-corrected chi connectivity index (χ2v) is 4.73. The Kier molecular flexibility index (Phi) is 6.67. The number of halogens is 1. The van der Waals surface area contributed by atoms with Crippen LogP contribution in [0.3, 0.4) is 0 Å². The highest BCUT2D eigenvalue weighted by atomic mass is 79.9. The second-order valence-electron chi connectivity index (χ2n) is 3.81. The van der Waals surface area contributed by atoms with Crippen LogP contribution in [-0.4, -0.2) is 24.7 Å². The van der Waals surface area contributed by atoms with Crippen LogP contribution in [0.1, 0.15) is 19.8 Å². The molecular weight excluding hydrogens is 300 g/mol. The first-order valence-electron chi connectivity index (χ1n) is 5.90. The van der Waals surface area contributed by atoms with Crippen molar-refractivity contribution in [2.24, 2.45) is 0 Å². The van der Waals surface area contributed by atoms with Gasteiger partial charge in [-0.05, 0) is 18.6 Å². The lowest BCUT2D eigenvalue weighted by molar-refractivity contribution is -0.384. The van der Waals surface area contributed by atoms with Gasteiger partial charge in [0, 0.05) is 23.7 Å². The summed E-state index contributed by atoms with van der Waals surface area (Å²) in [6, 6.07) is 4.83. The quantitative estimate of drug-likeness (QED) is 0.452. The number of anilines is 1. The van der Waals surface area contributed by atoms with E-state index >= 15 is 0 Å². The summed E-state index contributed by atoms with van der Waals surface area (Å²) in [7, 11) is 0. The van der Waals surface area contributed by atoms with E-state index in [0.29, 0.717) is 18.8 Å². The van der Waals surface area contributed by atoms with Gasteiger partial charge >= 0.3 is 0 Å². The smallest absolute Gasteiger partial charge is 0.292 e. The number of nitrogens with one attached hydrogen (secondary N) is 1. The minimum absolute atomic E-state index is 0.0757. The summed E-state index contributed by atoms with van der Waals surface area (Å²) in [6.45, 7) is 3.94. The Bertz CT molecular complexity index is 399. The zero-order chi connectivity index (χ0) is 13.4. The molecule has 0 aromatic heterocycles. The van der Waals surface area contributed by atoms with Crippen LogP contribution in [0, 0.1) is 10.1 Å². The van der Waals surface area contributed by atoms with E-state index < -0.39 is 4.92 Å². The number of benzene rings is 1. The van der Waals surface area contributed by atoms with Crippen LogP contribution in [0.25, 0.3) is 0 Å². The van der Waals surface area contributed by atoms with Gasteiger partial charge in [0.1, 0.15) is 5.69 Å². The Labute approximate surface area is 115 Å². The van der Waals surface area contributed by atoms with Crippen molar-refractivity contribution >= 4 is 27.3 Å². The Morgan fingerprint density at radius 2 is 2.22 bits per heavy atom. The Morgan fingerprint density at radius 1 is 1.44 bits per heavy atom. The van der Waals surface area contributed by atoms with Crippen molar-refractivity contribution in [2.45, 2.75) is 19.8 Å². The highest BCUT2D eigenvalue weighted by Gasteiger charge is 2.12. The van der Waals surface area contributed by atoms with Crippen LogP contribution in [0.2, 0.25) is 0 Å². The Balaban J connectivity index is 2.45. The van der Waals surface area contributed by atoms with Gasteiger partial charge < -0.3 is 10.1 Å². The molecule has 0 saturated carbocycles. The molecule has 0 aliphatic rings. The first kappa shape index (κ1) is 14.9. The van der Waals surface area contributed by atoms with Crippen LogP contribution >= 0.6 is 15.9 Å². The van der Waals surface area contributed by atoms with E-state index in [1.54, 1.807) is 12.1 Å². The zero-order valence-corrected chi connectivity index (χ0v) is 11.9. The average Bonchev–Trinajstić information content (AvgIpc) is 2.33. The van der Waals surface area contributed by atoms with E-state index in [2.05, 4.69) is 28.2 Å². The molecule has 5 nitrogen and oxygen atoms in total. The minimum Gasteiger partial charge on any atom is -0.380 e. The number of nitro benzene ring substituents is 1. The maximum atomic E-state index is 10.8. The van der Waals surface area contributed by atoms with Crippen molar-refractivity contribution in [1.29, 1.82) is 0 Å². The summed E-state index contributed by atoms with van der Waals surface area (Å²) < 4.78 is 6.19. The highest BCUT2D eigenvalue weighted by molar-refractivity contribution is 9.10. The zero-order valence-electron chi connectivity index (χ0n) is 10.3. The summed E-state index contributed by atoms with van der Waals surface area (Å²) in [4.78, 5) is 10.4. The van der Waals surface area contributed by atoms with Gasteiger partial charge in [-0.15, -0.1) is 0 Å². The van der Waals surface area contributed by atoms with Crippen molar-refractivity contribution in [3.63, 3.8) is 0 Å². The second kappa shape index (κ2) is 8.05.